The fourth-order valence-electron chi connectivity index (χ4n) is 1.92. The van der Waals surface area contributed by atoms with Crippen LogP contribution in [0.5, 0.6) is 0 Å². The quantitative estimate of drug-likeness (QED) is 0.372. The number of hydrogen-bond acceptors (Lipinski definition) is 3. The van der Waals surface area contributed by atoms with Crippen molar-refractivity contribution in [3.05, 3.63) is 12.7 Å². The zero-order valence-electron chi connectivity index (χ0n) is 8.38. The molecular formula is C10H20N2O. The van der Waals surface area contributed by atoms with E-state index in [2.05, 4.69) is 12.0 Å². The molecule has 3 heteroatoms. The summed E-state index contributed by atoms with van der Waals surface area (Å²) in [4.78, 5) is 0. The Labute approximate surface area is 80.3 Å². The molecule has 0 amide bonds. The molecule has 0 heterocycles. The average Bonchev–Trinajstić information content (AvgIpc) is 2.09. The standard InChI is InChI=1S/C10H20N2O/c1-3-5-9(12-11)8-10(13-2)6-4-7-10/h3,9,12H,1,4-8,11H2,2H3. The monoisotopic (exact) mass is 184 g/mol. The number of hydrazine groups is 1. The Morgan fingerprint density at radius 1 is 1.69 bits per heavy atom. The van der Waals surface area contributed by atoms with Crippen LogP contribution in [0, 0.1) is 0 Å². The number of rotatable bonds is 6. The van der Waals surface area contributed by atoms with Gasteiger partial charge in [0.1, 0.15) is 0 Å². The molecule has 0 spiro atoms. The summed E-state index contributed by atoms with van der Waals surface area (Å²) in [5, 5.41) is 0. The zero-order chi connectivity index (χ0) is 9.73. The first-order valence-electron chi connectivity index (χ1n) is 4.88. The molecule has 1 saturated carbocycles. The van der Waals surface area contributed by atoms with E-state index >= 15 is 0 Å². The Hall–Kier alpha value is -0.380. The minimum Gasteiger partial charge on any atom is -0.378 e. The van der Waals surface area contributed by atoms with Crippen LogP contribution in [0.25, 0.3) is 0 Å². The van der Waals surface area contributed by atoms with Crippen molar-refractivity contribution in [2.24, 2.45) is 5.84 Å². The van der Waals surface area contributed by atoms with Crippen LogP contribution in [0.2, 0.25) is 0 Å². The maximum absolute atomic E-state index is 5.52. The molecule has 76 valence electrons. The number of nitrogens with one attached hydrogen (secondary N) is 1. The van der Waals surface area contributed by atoms with E-state index in [1.54, 1.807) is 7.11 Å². The van der Waals surface area contributed by atoms with Crippen LogP contribution in [0.3, 0.4) is 0 Å². The lowest BCUT2D eigenvalue weighted by molar-refractivity contribution is -0.0833. The summed E-state index contributed by atoms with van der Waals surface area (Å²) >= 11 is 0. The van der Waals surface area contributed by atoms with Gasteiger partial charge in [-0.2, -0.15) is 0 Å². The summed E-state index contributed by atoms with van der Waals surface area (Å²) in [6, 6.07) is 0.303. The predicted octanol–water partition coefficient (Wildman–Crippen LogP) is 1.35. The summed E-state index contributed by atoms with van der Waals surface area (Å²) in [5.74, 6) is 5.45. The Morgan fingerprint density at radius 2 is 2.38 bits per heavy atom. The second kappa shape index (κ2) is 4.74. The van der Waals surface area contributed by atoms with E-state index in [1.165, 1.54) is 19.3 Å². The summed E-state index contributed by atoms with van der Waals surface area (Å²) < 4.78 is 5.52. The van der Waals surface area contributed by atoms with Crippen molar-refractivity contribution in [2.75, 3.05) is 7.11 Å². The van der Waals surface area contributed by atoms with Gasteiger partial charge >= 0.3 is 0 Å². The summed E-state index contributed by atoms with van der Waals surface area (Å²) in [5.41, 5.74) is 2.91. The molecule has 0 aromatic heterocycles. The fraction of sp³-hybridized carbons (Fsp3) is 0.800. The molecule has 3 nitrogen and oxygen atoms in total. The molecule has 0 aliphatic heterocycles. The number of hydrogen-bond donors (Lipinski definition) is 2. The van der Waals surface area contributed by atoms with Gasteiger partial charge in [-0.3, -0.25) is 11.3 Å². The molecular weight excluding hydrogens is 164 g/mol. The van der Waals surface area contributed by atoms with E-state index in [0.29, 0.717) is 6.04 Å². The minimum atomic E-state index is 0.0973. The van der Waals surface area contributed by atoms with E-state index in [1.807, 2.05) is 6.08 Å². The average molecular weight is 184 g/mol. The van der Waals surface area contributed by atoms with E-state index in [9.17, 15) is 0 Å². The first-order valence-corrected chi connectivity index (χ1v) is 4.88. The van der Waals surface area contributed by atoms with E-state index in [0.717, 1.165) is 12.8 Å². The number of ether oxygens (including phenoxy) is 1. The number of methoxy groups -OCH3 is 1. The smallest absolute Gasteiger partial charge is 0.0694 e. The second-order valence-corrected chi connectivity index (χ2v) is 3.83. The van der Waals surface area contributed by atoms with Gasteiger partial charge in [-0.25, -0.2) is 0 Å². The highest BCUT2D eigenvalue weighted by Gasteiger charge is 2.38. The third kappa shape index (κ3) is 2.53. The summed E-state index contributed by atoms with van der Waals surface area (Å²) in [6.07, 6.45) is 7.40. The molecule has 0 bridgehead atoms. The van der Waals surface area contributed by atoms with Crippen molar-refractivity contribution in [2.45, 2.75) is 43.7 Å². The normalized spacial score (nSPS) is 22.0. The van der Waals surface area contributed by atoms with Crippen LogP contribution in [0.1, 0.15) is 32.1 Å². The van der Waals surface area contributed by atoms with Crippen LogP contribution >= 0.6 is 0 Å². The Balaban J connectivity index is 2.38. The van der Waals surface area contributed by atoms with Crippen molar-refractivity contribution in [1.82, 2.24) is 5.43 Å². The van der Waals surface area contributed by atoms with Gasteiger partial charge < -0.3 is 4.74 Å². The highest BCUT2D eigenvalue weighted by atomic mass is 16.5. The van der Waals surface area contributed by atoms with Gasteiger partial charge in [0, 0.05) is 13.2 Å². The van der Waals surface area contributed by atoms with E-state index < -0.39 is 0 Å². The lowest BCUT2D eigenvalue weighted by Crippen LogP contribution is -2.47. The molecule has 1 unspecified atom stereocenters. The number of nitrogens with two attached hydrogens (primary N) is 1. The SMILES string of the molecule is C=CCC(CC1(OC)CCC1)NN. The van der Waals surface area contributed by atoms with Crippen molar-refractivity contribution in [1.29, 1.82) is 0 Å². The molecule has 3 N–H and O–H groups in total. The maximum atomic E-state index is 5.52. The van der Waals surface area contributed by atoms with Crippen LogP contribution < -0.4 is 11.3 Å². The van der Waals surface area contributed by atoms with E-state index in [4.69, 9.17) is 10.6 Å². The van der Waals surface area contributed by atoms with Gasteiger partial charge in [-0.1, -0.05) is 6.08 Å². The molecule has 0 aromatic rings. The third-order valence-corrected chi connectivity index (χ3v) is 3.00. The zero-order valence-corrected chi connectivity index (χ0v) is 8.38. The predicted molar refractivity (Wildman–Crippen MR) is 54.1 cm³/mol. The van der Waals surface area contributed by atoms with Crippen molar-refractivity contribution >= 4 is 0 Å². The first kappa shape index (κ1) is 10.7. The van der Waals surface area contributed by atoms with Gasteiger partial charge in [0.05, 0.1) is 5.60 Å². The van der Waals surface area contributed by atoms with Crippen LogP contribution in [-0.2, 0) is 4.74 Å². The molecule has 1 fully saturated rings. The lowest BCUT2D eigenvalue weighted by Gasteiger charge is -2.42. The molecule has 1 atom stereocenters. The third-order valence-electron chi connectivity index (χ3n) is 3.00. The highest BCUT2D eigenvalue weighted by molar-refractivity contribution is 4.94. The van der Waals surface area contributed by atoms with Gasteiger partial charge in [-0.15, -0.1) is 6.58 Å². The van der Waals surface area contributed by atoms with Gasteiger partial charge in [0.2, 0.25) is 0 Å². The highest BCUT2D eigenvalue weighted by Crippen LogP contribution is 2.39. The largest absolute Gasteiger partial charge is 0.378 e. The van der Waals surface area contributed by atoms with Crippen LogP contribution in [0.4, 0.5) is 0 Å². The fourth-order valence-corrected chi connectivity index (χ4v) is 1.92. The lowest BCUT2D eigenvalue weighted by atomic mass is 9.75. The topological polar surface area (TPSA) is 47.3 Å². The second-order valence-electron chi connectivity index (χ2n) is 3.83. The van der Waals surface area contributed by atoms with Crippen molar-refractivity contribution in [3.8, 4) is 0 Å². The first-order chi connectivity index (χ1) is 6.26. The van der Waals surface area contributed by atoms with Gasteiger partial charge in [0.15, 0.2) is 0 Å². The Kier molecular flexibility index (Phi) is 3.90. The maximum Gasteiger partial charge on any atom is 0.0694 e. The minimum absolute atomic E-state index is 0.0973. The van der Waals surface area contributed by atoms with Crippen LogP contribution in [0.15, 0.2) is 12.7 Å². The van der Waals surface area contributed by atoms with Crippen LogP contribution in [-0.4, -0.2) is 18.8 Å². The molecule has 13 heavy (non-hydrogen) atoms. The van der Waals surface area contributed by atoms with Crippen molar-refractivity contribution < 1.29 is 4.74 Å². The molecule has 0 radical (unpaired) electrons. The molecule has 1 aliphatic carbocycles. The summed E-state index contributed by atoms with van der Waals surface area (Å²) in [6.45, 7) is 3.71. The molecule has 1 rings (SSSR count). The van der Waals surface area contributed by atoms with Crippen molar-refractivity contribution in [3.63, 3.8) is 0 Å². The summed E-state index contributed by atoms with van der Waals surface area (Å²) in [7, 11) is 1.79. The van der Waals surface area contributed by atoms with E-state index in [-0.39, 0.29) is 5.60 Å². The Morgan fingerprint density at radius 3 is 2.69 bits per heavy atom. The Bertz CT molecular complexity index is 161. The molecule has 0 saturated heterocycles. The van der Waals surface area contributed by atoms with Gasteiger partial charge in [-0.05, 0) is 32.1 Å². The molecule has 0 aromatic carbocycles. The van der Waals surface area contributed by atoms with Gasteiger partial charge in [0.25, 0.3) is 0 Å². The molecule has 1 aliphatic rings.